The summed E-state index contributed by atoms with van der Waals surface area (Å²) in [5, 5.41) is 2.71. The lowest BCUT2D eigenvalue weighted by atomic mass is 9.96. The van der Waals surface area contributed by atoms with Crippen LogP contribution < -0.4 is 10.1 Å². The average Bonchev–Trinajstić information content (AvgIpc) is 2.99. The van der Waals surface area contributed by atoms with Gasteiger partial charge in [-0.3, -0.25) is 15.0 Å². The largest absolute Gasteiger partial charge is 0.457 e. The van der Waals surface area contributed by atoms with E-state index in [-0.39, 0.29) is 11.9 Å². The summed E-state index contributed by atoms with van der Waals surface area (Å²) in [5.41, 5.74) is 3.12. The number of hydrogen-bond donors (Lipinski definition) is 1. The summed E-state index contributed by atoms with van der Waals surface area (Å²) in [4.78, 5) is 29.9. The molecule has 0 spiro atoms. The molecule has 1 fully saturated rings. The van der Waals surface area contributed by atoms with E-state index < -0.39 is 11.7 Å². The second kappa shape index (κ2) is 12.9. The van der Waals surface area contributed by atoms with Gasteiger partial charge >= 0.3 is 6.09 Å². The number of hydrogen-bond acceptors (Lipinski definition) is 5. The first-order valence-electron chi connectivity index (χ1n) is 14.3. The molecule has 1 N–H and O–H groups in total. The van der Waals surface area contributed by atoms with Gasteiger partial charge in [-0.25, -0.2) is 4.79 Å². The van der Waals surface area contributed by atoms with Crippen molar-refractivity contribution < 1.29 is 19.1 Å². The minimum atomic E-state index is -0.573. The summed E-state index contributed by atoms with van der Waals surface area (Å²) in [7, 11) is 0. The van der Waals surface area contributed by atoms with Crippen LogP contribution in [0.25, 0.3) is 0 Å². The number of nitrogens with one attached hydrogen (secondary N) is 1. The molecule has 1 heterocycles. The number of benzene rings is 4. The van der Waals surface area contributed by atoms with Crippen LogP contribution in [0, 0.1) is 0 Å². The highest BCUT2D eigenvalue weighted by Gasteiger charge is 2.28. The fourth-order valence-electron chi connectivity index (χ4n) is 5.11. The highest BCUT2D eigenvalue weighted by Crippen LogP contribution is 2.30. The summed E-state index contributed by atoms with van der Waals surface area (Å²) >= 11 is 0. The fraction of sp³-hybridized carbons (Fsp3) is 0.257. The molecule has 0 aliphatic carbocycles. The van der Waals surface area contributed by atoms with Crippen LogP contribution in [0.4, 0.5) is 10.5 Å². The molecule has 7 heteroatoms. The lowest BCUT2D eigenvalue weighted by Gasteiger charge is -2.39. The SMILES string of the molecule is CC(C)(C)OC(=O)Nc1ccc(Oc2cccc(C(=O)N3CCN(C(c4ccccc4)c4ccccc4)CC3)c2)cc1. The Labute approximate surface area is 247 Å². The molecule has 7 nitrogen and oxygen atoms in total. The topological polar surface area (TPSA) is 71.1 Å². The van der Waals surface area contributed by atoms with Gasteiger partial charge in [0.2, 0.25) is 0 Å². The molecule has 0 bridgehead atoms. The molecule has 2 amide bonds. The Morgan fingerprint density at radius 2 is 1.31 bits per heavy atom. The summed E-state index contributed by atoms with van der Waals surface area (Å²) in [6.07, 6.45) is -0.515. The number of amides is 2. The Morgan fingerprint density at radius 3 is 1.88 bits per heavy atom. The Balaban J connectivity index is 1.20. The normalized spacial score (nSPS) is 14.0. The van der Waals surface area contributed by atoms with E-state index in [2.05, 4.69) is 58.7 Å². The van der Waals surface area contributed by atoms with E-state index in [1.807, 2.05) is 56.0 Å². The van der Waals surface area contributed by atoms with Gasteiger partial charge in [-0.05, 0) is 74.4 Å². The van der Waals surface area contributed by atoms with E-state index in [0.717, 1.165) is 13.1 Å². The zero-order chi connectivity index (χ0) is 29.5. The number of ether oxygens (including phenoxy) is 2. The van der Waals surface area contributed by atoms with Crippen molar-refractivity contribution in [2.45, 2.75) is 32.4 Å². The lowest BCUT2D eigenvalue weighted by Crippen LogP contribution is -2.49. The van der Waals surface area contributed by atoms with E-state index in [9.17, 15) is 9.59 Å². The third kappa shape index (κ3) is 7.56. The van der Waals surface area contributed by atoms with Crippen LogP contribution in [-0.4, -0.2) is 53.6 Å². The lowest BCUT2D eigenvalue weighted by molar-refractivity contribution is 0.0595. The Hall–Kier alpha value is -4.62. The van der Waals surface area contributed by atoms with E-state index in [0.29, 0.717) is 35.8 Å². The summed E-state index contributed by atoms with van der Waals surface area (Å²) in [6, 6.07) is 35.5. The number of nitrogens with zero attached hydrogens (tertiary/aromatic N) is 2. The first kappa shape index (κ1) is 28.9. The van der Waals surface area contributed by atoms with Crippen molar-refractivity contribution in [1.82, 2.24) is 9.80 Å². The molecule has 0 radical (unpaired) electrons. The van der Waals surface area contributed by atoms with Gasteiger partial charge in [0.05, 0.1) is 6.04 Å². The number of piperazine rings is 1. The van der Waals surface area contributed by atoms with Gasteiger partial charge < -0.3 is 14.4 Å². The van der Waals surface area contributed by atoms with Crippen LogP contribution in [-0.2, 0) is 4.74 Å². The average molecular weight is 564 g/mol. The van der Waals surface area contributed by atoms with Gasteiger partial charge in [0.25, 0.3) is 5.91 Å². The maximum Gasteiger partial charge on any atom is 0.412 e. The maximum atomic E-state index is 13.5. The van der Waals surface area contributed by atoms with Crippen molar-refractivity contribution in [3.8, 4) is 11.5 Å². The van der Waals surface area contributed by atoms with E-state index >= 15 is 0 Å². The van der Waals surface area contributed by atoms with Gasteiger partial charge in [0.1, 0.15) is 17.1 Å². The molecular weight excluding hydrogens is 526 g/mol. The molecule has 0 unspecified atom stereocenters. The van der Waals surface area contributed by atoms with Crippen LogP contribution in [0.3, 0.4) is 0 Å². The van der Waals surface area contributed by atoms with Gasteiger partial charge in [0, 0.05) is 37.4 Å². The molecule has 42 heavy (non-hydrogen) atoms. The minimum absolute atomic E-state index is 0.00650. The monoisotopic (exact) mass is 563 g/mol. The molecule has 1 aliphatic heterocycles. The van der Waals surface area contributed by atoms with Crippen LogP contribution >= 0.6 is 0 Å². The number of carbonyl (C=O) groups is 2. The first-order chi connectivity index (χ1) is 20.2. The molecule has 1 aliphatic rings. The number of carbonyl (C=O) groups excluding carboxylic acids is 2. The molecule has 216 valence electrons. The number of anilines is 1. The van der Waals surface area contributed by atoms with E-state index in [4.69, 9.17) is 9.47 Å². The Morgan fingerprint density at radius 1 is 0.714 bits per heavy atom. The van der Waals surface area contributed by atoms with Crippen LogP contribution in [0.5, 0.6) is 11.5 Å². The van der Waals surface area contributed by atoms with Gasteiger partial charge in [0.15, 0.2) is 0 Å². The van der Waals surface area contributed by atoms with Crippen LogP contribution in [0.15, 0.2) is 109 Å². The van der Waals surface area contributed by atoms with Crippen LogP contribution in [0.1, 0.15) is 48.3 Å². The van der Waals surface area contributed by atoms with Crippen molar-refractivity contribution in [3.63, 3.8) is 0 Å². The second-order valence-corrected chi connectivity index (χ2v) is 11.3. The van der Waals surface area contributed by atoms with E-state index in [1.165, 1.54) is 11.1 Å². The highest BCUT2D eigenvalue weighted by atomic mass is 16.6. The predicted octanol–water partition coefficient (Wildman–Crippen LogP) is 7.37. The number of rotatable bonds is 7. The standard InChI is InChI=1S/C35H37N3O4/c1-35(2,3)42-34(40)36-29-17-19-30(20-18-29)41-31-16-10-15-28(25-31)33(39)38-23-21-37(22-24-38)32(26-11-6-4-7-12-26)27-13-8-5-9-14-27/h4-20,25,32H,21-24H2,1-3H3,(H,36,40). The van der Waals surface area contributed by atoms with Gasteiger partial charge in [-0.1, -0.05) is 66.7 Å². The molecule has 0 aromatic heterocycles. The smallest absolute Gasteiger partial charge is 0.412 e. The molecule has 1 saturated heterocycles. The molecular formula is C35H37N3O4. The first-order valence-corrected chi connectivity index (χ1v) is 14.3. The van der Waals surface area contributed by atoms with Gasteiger partial charge in [-0.15, -0.1) is 0 Å². The van der Waals surface area contributed by atoms with Crippen molar-refractivity contribution >= 4 is 17.7 Å². The molecule has 4 aromatic carbocycles. The zero-order valence-corrected chi connectivity index (χ0v) is 24.3. The summed E-state index contributed by atoms with van der Waals surface area (Å²) in [6.45, 7) is 8.29. The van der Waals surface area contributed by atoms with Crippen LogP contribution in [0.2, 0.25) is 0 Å². The summed E-state index contributed by atoms with van der Waals surface area (Å²) in [5.74, 6) is 1.16. The Bertz CT molecular complexity index is 1440. The third-order valence-corrected chi connectivity index (χ3v) is 7.01. The van der Waals surface area contributed by atoms with Crippen molar-refractivity contribution in [1.29, 1.82) is 0 Å². The van der Waals surface area contributed by atoms with E-state index in [1.54, 1.807) is 30.3 Å². The molecule has 0 saturated carbocycles. The summed E-state index contributed by atoms with van der Waals surface area (Å²) < 4.78 is 11.3. The Kier molecular flexibility index (Phi) is 8.88. The molecule has 5 rings (SSSR count). The van der Waals surface area contributed by atoms with Crippen molar-refractivity contribution in [2.75, 3.05) is 31.5 Å². The maximum absolute atomic E-state index is 13.5. The van der Waals surface area contributed by atoms with Crippen molar-refractivity contribution in [2.24, 2.45) is 0 Å². The van der Waals surface area contributed by atoms with Gasteiger partial charge in [-0.2, -0.15) is 0 Å². The fourth-order valence-corrected chi connectivity index (χ4v) is 5.11. The molecule has 0 atom stereocenters. The van der Waals surface area contributed by atoms with Crippen molar-refractivity contribution in [3.05, 3.63) is 126 Å². The molecule has 4 aromatic rings. The minimum Gasteiger partial charge on any atom is -0.457 e. The zero-order valence-electron chi connectivity index (χ0n) is 24.3. The second-order valence-electron chi connectivity index (χ2n) is 11.3. The quantitative estimate of drug-likeness (QED) is 0.254. The highest BCUT2D eigenvalue weighted by molar-refractivity contribution is 5.94. The predicted molar refractivity (Wildman–Crippen MR) is 165 cm³/mol. The third-order valence-electron chi connectivity index (χ3n) is 7.01.